The van der Waals surface area contributed by atoms with Gasteiger partial charge in [-0.3, -0.25) is 0 Å². The van der Waals surface area contributed by atoms with Crippen LogP contribution in [0.2, 0.25) is 0 Å². The first-order chi connectivity index (χ1) is 8.38. The lowest BCUT2D eigenvalue weighted by molar-refractivity contribution is -0.0430. The number of carbonyl (C=O) groups excluding carboxylic acids is 1. The van der Waals surface area contributed by atoms with Crippen LogP contribution in [-0.2, 0) is 14.2 Å². The van der Waals surface area contributed by atoms with E-state index in [9.17, 15) is 9.90 Å². The van der Waals surface area contributed by atoms with Crippen LogP contribution >= 0.6 is 0 Å². The summed E-state index contributed by atoms with van der Waals surface area (Å²) >= 11 is 0. The number of rotatable bonds is 0. The minimum atomic E-state index is -0.599. The Balaban J connectivity index is 2.45. The quantitative estimate of drug-likeness (QED) is 0.692. The topological polar surface area (TPSA) is 68.2 Å². The Morgan fingerprint density at radius 3 is 2.17 bits per heavy atom. The third-order valence-corrected chi connectivity index (χ3v) is 2.28. The molecule has 18 heavy (non-hydrogen) atoms. The van der Waals surface area contributed by atoms with Gasteiger partial charge in [0, 0.05) is 13.1 Å². The second-order valence-electron chi connectivity index (χ2n) is 5.27. The molecule has 1 aliphatic rings. The lowest BCUT2D eigenvalue weighted by Gasteiger charge is -2.28. The van der Waals surface area contributed by atoms with E-state index in [1.165, 1.54) is 0 Å². The Hall–Kier alpha value is -0.850. The van der Waals surface area contributed by atoms with E-state index in [1.54, 1.807) is 4.90 Å². The first-order valence-corrected chi connectivity index (χ1v) is 6.20. The summed E-state index contributed by atoms with van der Waals surface area (Å²) in [5, 5.41) is 9.40. The van der Waals surface area contributed by atoms with Gasteiger partial charge >= 0.3 is 6.09 Å². The molecule has 1 heterocycles. The van der Waals surface area contributed by atoms with Gasteiger partial charge in [0.1, 0.15) is 11.7 Å². The van der Waals surface area contributed by atoms with Crippen LogP contribution < -0.4 is 0 Å². The number of aliphatic hydroxyl groups excluding tert-OH is 1. The normalized spacial score (nSPS) is 20.6. The molecule has 1 rings (SSSR count). The highest BCUT2D eigenvalue weighted by Crippen LogP contribution is 2.10. The monoisotopic (exact) mass is 261 g/mol. The zero-order valence-electron chi connectivity index (χ0n) is 11.3. The van der Waals surface area contributed by atoms with Crippen LogP contribution in [0.25, 0.3) is 0 Å². The van der Waals surface area contributed by atoms with Gasteiger partial charge in [-0.15, -0.1) is 0 Å². The van der Waals surface area contributed by atoms with Crippen molar-refractivity contribution in [3.05, 3.63) is 0 Å². The van der Waals surface area contributed by atoms with Crippen molar-refractivity contribution in [1.29, 1.82) is 0 Å². The van der Waals surface area contributed by atoms with Gasteiger partial charge in [-0.2, -0.15) is 0 Å². The van der Waals surface area contributed by atoms with Crippen molar-refractivity contribution in [3.8, 4) is 0 Å². The van der Waals surface area contributed by atoms with E-state index in [1.807, 2.05) is 20.8 Å². The van der Waals surface area contributed by atoms with Crippen LogP contribution in [-0.4, -0.2) is 67.3 Å². The fourth-order valence-corrected chi connectivity index (χ4v) is 1.46. The minimum Gasteiger partial charge on any atom is -0.444 e. The van der Waals surface area contributed by atoms with Crippen LogP contribution in [0.15, 0.2) is 0 Å². The molecule has 0 aliphatic carbocycles. The fourth-order valence-electron chi connectivity index (χ4n) is 1.46. The van der Waals surface area contributed by atoms with E-state index in [4.69, 9.17) is 14.2 Å². The van der Waals surface area contributed by atoms with Crippen LogP contribution in [0.3, 0.4) is 0 Å². The predicted molar refractivity (Wildman–Crippen MR) is 65.5 cm³/mol. The van der Waals surface area contributed by atoms with E-state index in [-0.39, 0.29) is 19.3 Å². The zero-order valence-corrected chi connectivity index (χ0v) is 11.3. The number of hydrogen-bond acceptors (Lipinski definition) is 5. The first kappa shape index (κ1) is 15.2. The highest BCUT2D eigenvalue weighted by molar-refractivity contribution is 5.68. The molecule has 1 N–H and O–H groups in total. The average Bonchev–Trinajstić information content (AvgIpc) is 2.24. The van der Waals surface area contributed by atoms with Crippen molar-refractivity contribution in [2.24, 2.45) is 0 Å². The largest absolute Gasteiger partial charge is 0.444 e. The maximum Gasteiger partial charge on any atom is 0.410 e. The van der Waals surface area contributed by atoms with Gasteiger partial charge in [0.15, 0.2) is 0 Å². The number of aliphatic hydroxyl groups is 1. The summed E-state index contributed by atoms with van der Waals surface area (Å²) in [6.07, 6.45) is -0.964. The van der Waals surface area contributed by atoms with E-state index in [0.717, 1.165) is 0 Å². The molecule has 0 unspecified atom stereocenters. The van der Waals surface area contributed by atoms with Crippen LogP contribution in [0.1, 0.15) is 20.8 Å². The second kappa shape index (κ2) is 6.92. The molecule has 0 bridgehead atoms. The second-order valence-corrected chi connectivity index (χ2v) is 5.27. The van der Waals surface area contributed by atoms with Crippen LogP contribution in [0.4, 0.5) is 4.79 Å². The van der Waals surface area contributed by atoms with Gasteiger partial charge in [0.05, 0.1) is 26.4 Å². The van der Waals surface area contributed by atoms with Gasteiger partial charge in [-0.1, -0.05) is 0 Å². The Morgan fingerprint density at radius 2 is 1.72 bits per heavy atom. The maximum atomic E-state index is 11.9. The zero-order chi connectivity index (χ0) is 13.6. The molecule has 6 nitrogen and oxygen atoms in total. The highest BCUT2D eigenvalue weighted by atomic mass is 16.6. The summed E-state index contributed by atoms with van der Waals surface area (Å²) in [5.74, 6) is 0. The summed E-state index contributed by atoms with van der Waals surface area (Å²) in [7, 11) is 0. The molecule has 6 heteroatoms. The Kier molecular flexibility index (Phi) is 5.84. The molecule has 0 aromatic rings. The third kappa shape index (κ3) is 6.18. The standard InChI is InChI=1S/C12H23NO5/c1-12(2,3)18-11(15)13-4-6-16-8-10(14)9-17-7-5-13/h10,14H,4-9H2,1-3H3. The lowest BCUT2D eigenvalue weighted by Crippen LogP contribution is -2.41. The van der Waals surface area contributed by atoms with Crippen LogP contribution in [0.5, 0.6) is 0 Å². The Morgan fingerprint density at radius 1 is 1.22 bits per heavy atom. The minimum absolute atomic E-state index is 0.224. The molecule has 1 fully saturated rings. The SMILES string of the molecule is CC(C)(C)OC(=O)N1CCOCC(O)COCC1. The number of nitrogens with zero attached hydrogens (tertiary/aromatic N) is 1. The average molecular weight is 261 g/mol. The van der Waals surface area contributed by atoms with Crippen molar-refractivity contribution < 1.29 is 24.1 Å². The molecular weight excluding hydrogens is 238 g/mol. The molecule has 0 saturated carbocycles. The molecule has 0 atom stereocenters. The van der Waals surface area contributed by atoms with Crippen molar-refractivity contribution in [2.75, 3.05) is 39.5 Å². The molecule has 1 amide bonds. The summed E-state index contributed by atoms with van der Waals surface area (Å²) in [5.41, 5.74) is -0.510. The number of carbonyl (C=O) groups is 1. The van der Waals surface area contributed by atoms with Crippen molar-refractivity contribution in [2.45, 2.75) is 32.5 Å². The lowest BCUT2D eigenvalue weighted by atomic mass is 10.2. The maximum absolute atomic E-state index is 11.9. The Labute approximate surface area is 108 Å². The summed E-state index contributed by atoms with van der Waals surface area (Å²) in [6.45, 7) is 7.58. The number of ether oxygens (including phenoxy) is 3. The molecular formula is C12H23NO5. The first-order valence-electron chi connectivity index (χ1n) is 6.20. The van der Waals surface area contributed by atoms with Gasteiger partial charge in [-0.25, -0.2) is 4.79 Å². The number of hydrogen-bond donors (Lipinski definition) is 1. The molecule has 0 aromatic carbocycles. The van der Waals surface area contributed by atoms with E-state index in [2.05, 4.69) is 0 Å². The predicted octanol–water partition coefficient (Wildman–Crippen LogP) is 0.631. The molecule has 106 valence electrons. The van der Waals surface area contributed by atoms with Crippen LogP contribution in [0, 0.1) is 0 Å². The van der Waals surface area contributed by atoms with Gasteiger partial charge in [0.2, 0.25) is 0 Å². The fraction of sp³-hybridized carbons (Fsp3) is 0.917. The molecule has 1 aliphatic heterocycles. The van der Waals surface area contributed by atoms with Crippen molar-refractivity contribution in [1.82, 2.24) is 4.90 Å². The van der Waals surface area contributed by atoms with Gasteiger partial charge < -0.3 is 24.2 Å². The van der Waals surface area contributed by atoms with E-state index in [0.29, 0.717) is 26.3 Å². The highest BCUT2D eigenvalue weighted by Gasteiger charge is 2.22. The third-order valence-electron chi connectivity index (χ3n) is 2.28. The van der Waals surface area contributed by atoms with Gasteiger partial charge in [0.25, 0.3) is 0 Å². The van der Waals surface area contributed by atoms with E-state index >= 15 is 0 Å². The molecule has 0 aromatic heterocycles. The smallest absolute Gasteiger partial charge is 0.410 e. The number of amides is 1. The van der Waals surface area contributed by atoms with E-state index < -0.39 is 11.7 Å². The summed E-state index contributed by atoms with van der Waals surface area (Å²) in [6, 6.07) is 0. The summed E-state index contributed by atoms with van der Waals surface area (Å²) in [4.78, 5) is 13.4. The van der Waals surface area contributed by atoms with Crippen molar-refractivity contribution in [3.63, 3.8) is 0 Å². The van der Waals surface area contributed by atoms with Gasteiger partial charge in [-0.05, 0) is 20.8 Å². The molecule has 1 saturated heterocycles. The molecule has 0 spiro atoms. The molecule has 0 radical (unpaired) electrons. The van der Waals surface area contributed by atoms with Crippen molar-refractivity contribution >= 4 is 6.09 Å². The Bertz CT molecular complexity index is 252. The summed E-state index contributed by atoms with van der Waals surface area (Å²) < 4.78 is 15.8.